The number of aliphatic hydroxyl groups excluding tert-OH is 1. The molecule has 1 aliphatic rings. The molecule has 1 amide bonds. The minimum absolute atomic E-state index is 0.0531. The molecule has 0 aliphatic heterocycles. The second kappa shape index (κ2) is 6.83. The van der Waals surface area contributed by atoms with E-state index in [2.05, 4.69) is 5.32 Å². The third-order valence-electron chi connectivity index (χ3n) is 4.56. The third kappa shape index (κ3) is 3.55. The highest BCUT2D eigenvalue weighted by molar-refractivity contribution is 6.30. The summed E-state index contributed by atoms with van der Waals surface area (Å²) < 4.78 is 0. The summed E-state index contributed by atoms with van der Waals surface area (Å²) in [7, 11) is 0. The molecule has 24 heavy (non-hydrogen) atoms. The van der Waals surface area contributed by atoms with Crippen LogP contribution in [0.1, 0.15) is 24.0 Å². The molecule has 0 radical (unpaired) electrons. The van der Waals surface area contributed by atoms with Gasteiger partial charge in [-0.25, -0.2) is 0 Å². The van der Waals surface area contributed by atoms with E-state index in [0.717, 1.165) is 24.0 Å². The van der Waals surface area contributed by atoms with Gasteiger partial charge in [0.2, 0.25) is 5.91 Å². The molecule has 2 aromatic rings. The van der Waals surface area contributed by atoms with Crippen molar-refractivity contribution in [2.24, 2.45) is 0 Å². The van der Waals surface area contributed by atoms with Crippen molar-refractivity contribution in [1.82, 2.24) is 5.32 Å². The van der Waals surface area contributed by atoms with Crippen molar-refractivity contribution >= 4 is 17.5 Å². The van der Waals surface area contributed by atoms with Crippen LogP contribution in [0, 0.1) is 0 Å². The molecule has 4 nitrogen and oxygen atoms in total. The maximum Gasteiger partial charge on any atom is 0.230 e. The molecule has 2 aromatic carbocycles. The van der Waals surface area contributed by atoms with Crippen LogP contribution in [0.5, 0.6) is 5.75 Å². The Bertz CT molecular complexity index is 708. The van der Waals surface area contributed by atoms with Gasteiger partial charge >= 0.3 is 0 Å². The summed E-state index contributed by atoms with van der Waals surface area (Å²) in [6.07, 6.45) is 2.12. The number of carbonyl (C=O) groups is 1. The van der Waals surface area contributed by atoms with Crippen molar-refractivity contribution < 1.29 is 15.0 Å². The van der Waals surface area contributed by atoms with Crippen LogP contribution >= 0.6 is 11.6 Å². The van der Waals surface area contributed by atoms with E-state index in [0.29, 0.717) is 11.4 Å². The number of carbonyl (C=O) groups excluding carboxylic acids is 1. The number of aromatic hydroxyl groups is 1. The van der Waals surface area contributed by atoms with Crippen molar-refractivity contribution in [1.29, 1.82) is 0 Å². The SMILES string of the molecule is O=C(N[C@@H](CO)Cc1ccc(O)cc1)C1(c2ccc(Cl)cc2)CC1. The van der Waals surface area contributed by atoms with Crippen molar-refractivity contribution in [3.63, 3.8) is 0 Å². The number of benzene rings is 2. The second-order valence-electron chi connectivity index (χ2n) is 6.31. The average molecular weight is 346 g/mol. The number of amides is 1. The fraction of sp³-hybridized carbons (Fsp3) is 0.316. The number of phenols is 1. The Kier molecular flexibility index (Phi) is 4.78. The van der Waals surface area contributed by atoms with Crippen LogP contribution in [-0.2, 0) is 16.6 Å². The lowest BCUT2D eigenvalue weighted by molar-refractivity contribution is -0.124. The number of nitrogens with one attached hydrogen (secondary N) is 1. The van der Waals surface area contributed by atoms with E-state index < -0.39 is 5.41 Å². The summed E-state index contributed by atoms with van der Waals surface area (Å²) in [5.74, 6) is 0.144. The Labute approximate surface area is 146 Å². The minimum Gasteiger partial charge on any atom is -0.508 e. The van der Waals surface area contributed by atoms with Crippen LogP contribution in [0.25, 0.3) is 0 Å². The highest BCUT2D eigenvalue weighted by Gasteiger charge is 2.51. The second-order valence-corrected chi connectivity index (χ2v) is 6.75. The molecular weight excluding hydrogens is 326 g/mol. The Balaban J connectivity index is 1.68. The van der Waals surface area contributed by atoms with Gasteiger partial charge in [0.05, 0.1) is 18.1 Å². The van der Waals surface area contributed by atoms with E-state index in [4.69, 9.17) is 11.6 Å². The van der Waals surface area contributed by atoms with E-state index in [1.54, 1.807) is 36.4 Å². The lowest BCUT2D eigenvalue weighted by Crippen LogP contribution is -2.44. The van der Waals surface area contributed by atoms with E-state index in [1.165, 1.54) is 0 Å². The Morgan fingerprint density at radius 3 is 2.29 bits per heavy atom. The summed E-state index contributed by atoms with van der Waals surface area (Å²) in [5, 5.41) is 22.5. The molecule has 1 atom stereocenters. The molecule has 0 aromatic heterocycles. The number of halogens is 1. The first kappa shape index (κ1) is 16.8. The quantitative estimate of drug-likeness (QED) is 0.754. The topological polar surface area (TPSA) is 69.6 Å². The Morgan fingerprint density at radius 2 is 1.75 bits per heavy atom. The maximum absolute atomic E-state index is 12.7. The zero-order valence-corrected chi connectivity index (χ0v) is 14.0. The van der Waals surface area contributed by atoms with Crippen molar-refractivity contribution in [3.05, 3.63) is 64.7 Å². The first-order valence-electron chi connectivity index (χ1n) is 7.99. The zero-order valence-electron chi connectivity index (χ0n) is 13.2. The van der Waals surface area contributed by atoms with Crippen LogP contribution < -0.4 is 5.32 Å². The molecule has 3 rings (SSSR count). The normalized spacial score (nSPS) is 16.4. The Morgan fingerprint density at radius 1 is 1.12 bits per heavy atom. The van der Waals surface area contributed by atoms with Gasteiger partial charge in [0.25, 0.3) is 0 Å². The molecular formula is C19H20ClNO3. The lowest BCUT2D eigenvalue weighted by Gasteiger charge is -2.21. The summed E-state index contributed by atoms with van der Waals surface area (Å²) in [6, 6.07) is 13.8. The van der Waals surface area contributed by atoms with Crippen LogP contribution in [0.3, 0.4) is 0 Å². The number of hydrogen-bond donors (Lipinski definition) is 3. The Hall–Kier alpha value is -2.04. The molecule has 0 spiro atoms. The molecule has 5 heteroatoms. The maximum atomic E-state index is 12.7. The predicted octanol–water partition coefficient (Wildman–Crippen LogP) is 2.80. The van der Waals surface area contributed by atoms with Crippen molar-refractivity contribution in [2.75, 3.05) is 6.61 Å². The van der Waals surface area contributed by atoms with Gasteiger partial charge in [0, 0.05) is 5.02 Å². The van der Waals surface area contributed by atoms with E-state index >= 15 is 0 Å². The molecule has 1 fully saturated rings. The highest BCUT2D eigenvalue weighted by atomic mass is 35.5. The van der Waals surface area contributed by atoms with Gasteiger partial charge in [-0.3, -0.25) is 4.79 Å². The molecule has 0 heterocycles. The largest absolute Gasteiger partial charge is 0.508 e. The average Bonchev–Trinajstić information content (AvgIpc) is 3.38. The molecule has 0 unspecified atom stereocenters. The van der Waals surface area contributed by atoms with Crippen LogP contribution in [0.4, 0.5) is 0 Å². The van der Waals surface area contributed by atoms with E-state index in [1.807, 2.05) is 12.1 Å². The highest BCUT2D eigenvalue weighted by Crippen LogP contribution is 2.48. The third-order valence-corrected chi connectivity index (χ3v) is 4.81. The summed E-state index contributed by atoms with van der Waals surface area (Å²) in [6.45, 7) is -0.136. The van der Waals surface area contributed by atoms with Crippen LogP contribution in [0.2, 0.25) is 5.02 Å². The molecule has 126 valence electrons. The zero-order chi connectivity index (χ0) is 17.2. The first-order valence-corrected chi connectivity index (χ1v) is 8.37. The van der Waals surface area contributed by atoms with Crippen LogP contribution in [0.15, 0.2) is 48.5 Å². The molecule has 3 N–H and O–H groups in total. The van der Waals surface area contributed by atoms with Gasteiger partial charge in [0.1, 0.15) is 5.75 Å². The number of aliphatic hydroxyl groups is 1. The van der Waals surface area contributed by atoms with E-state index in [9.17, 15) is 15.0 Å². The van der Waals surface area contributed by atoms with E-state index in [-0.39, 0.29) is 24.3 Å². The number of phenolic OH excluding ortho intramolecular Hbond substituents is 1. The monoisotopic (exact) mass is 345 g/mol. The minimum atomic E-state index is -0.493. The standard InChI is InChI=1S/C19H20ClNO3/c20-15-5-3-14(4-6-15)19(9-10-19)18(24)21-16(12-22)11-13-1-7-17(23)8-2-13/h1-8,16,22-23H,9-12H2,(H,21,24)/t16-/m1/s1. The van der Waals surface area contributed by atoms with Gasteiger partial charge in [-0.2, -0.15) is 0 Å². The van der Waals surface area contributed by atoms with Gasteiger partial charge in [0.15, 0.2) is 0 Å². The molecule has 0 bridgehead atoms. The van der Waals surface area contributed by atoms with Gasteiger partial charge in [-0.1, -0.05) is 35.9 Å². The lowest BCUT2D eigenvalue weighted by atomic mass is 9.94. The van der Waals surface area contributed by atoms with Gasteiger partial charge < -0.3 is 15.5 Å². The van der Waals surface area contributed by atoms with Gasteiger partial charge in [-0.05, 0) is 54.7 Å². The summed E-state index contributed by atoms with van der Waals surface area (Å²) in [4.78, 5) is 12.7. The van der Waals surface area contributed by atoms with Crippen molar-refractivity contribution in [2.45, 2.75) is 30.7 Å². The number of rotatable bonds is 6. The number of hydrogen-bond acceptors (Lipinski definition) is 3. The van der Waals surface area contributed by atoms with Gasteiger partial charge in [-0.15, -0.1) is 0 Å². The molecule has 1 aliphatic carbocycles. The predicted molar refractivity (Wildman–Crippen MR) is 93.2 cm³/mol. The fourth-order valence-corrected chi connectivity index (χ4v) is 3.07. The fourth-order valence-electron chi connectivity index (χ4n) is 2.94. The summed E-state index contributed by atoms with van der Waals surface area (Å²) in [5.41, 5.74) is 1.42. The first-order chi connectivity index (χ1) is 11.5. The summed E-state index contributed by atoms with van der Waals surface area (Å²) >= 11 is 5.92. The molecule has 0 saturated heterocycles. The molecule has 1 saturated carbocycles. The smallest absolute Gasteiger partial charge is 0.230 e. The van der Waals surface area contributed by atoms with Crippen LogP contribution in [-0.4, -0.2) is 28.8 Å². The van der Waals surface area contributed by atoms with Crippen molar-refractivity contribution in [3.8, 4) is 5.75 Å².